The van der Waals surface area contributed by atoms with E-state index in [-0.39, 0.29) is 0 Å². The lowest BCUT2D eigenvalue weighted by Crippen LogP contribution is -2.03. The largest absolute Gasteiger partial charge is 0.493 e. The first-order valence-electron chi connectivity index (χ1n) is 8.70. The van der Waals surface area contributed by atoms with Crippen molar-refractivity contribution in [1.29, 1.82) is 0 Å². The number of ether oxygens (including phenoxy) is 2. The monoisotopic (exact) mass is 435 g/mol. The molecular weight excluding hydrogens is 417 g/mol. The van der Waals surface area contributed by atoms with Gasteiger partial charge >= 0.3 is 0 Å². The average molecular weight is 437 g/mol. The van der Waals surface area contributed by atoms with Crippen molar-refractivity contribution in [2.75, 3.05) is 12.4 Å². The highest BCUT2D eigenvalue weighted by Gasteiger charge is 2.13. The van der Waals surface area contributed by atoms with Crippen molar-refractivity contribution in [1.82, 2.24) is 0 Å². The molecule has 0 saturated carbocycles. The molecule has 3 rings (SSSR count). The minimum atomic E-state index is 0.301. The van der Waals surface area contributed by atoms with Crippen LogP contribution in [0.4, 0.5) is 5.69 Å². The summed E-state index contributed by atoms with van der Waals surface area (Å²) in [7, 11) is 1.59. The van der Waals surface area contributed by atoms with Crippen LogP contribution in [0.15, 0.2) is 54.6 Å². The zero-order valence-corrected chi connectivity index (χ0v) is 17.8. The molecule has 0 spiro atoms. The molecule has 6 heteroatoms. The van der Waals surface area contributed by atoms with E-state index in [1.54, 1.807) is 7.11 Å². The van der Waals surface area contributed by atoms with Crippen molar-refractivity contribution >= 4 is 40.5 Å². The maximum absolute atomic E-state index is 6.47. The summed E-state index contributed by atoms with van der Waals surface area (Å²) in [5.74, 6) is 1.06. The Balaban J connectivity index is 1.75. The number of halogens is 3. The molecule has 0 saturated heterocycles. The van der Waals surface area contributed by atoms with Crippen LogP contribution in [0.5, 0.6) is 11.5 Å². The fraction of sp³-hybridized carbons (Fsp3) is 0.182. The summed E-state index contributed by atoms with van der Waals surface area (Å²) in [5, 5.41) is 5.19. The summed E-state index contributed by atoms with van der Waals surface area (Å²) < 4.78 is 11.4. The van der Waals surface area contributed by atoms with Crippen molar-refractivity contribution in [2.24, 2.45) is 0 Å². The molecule has 3 nitrogen and oxygen atoms in total. The number of anilines is 1. The van der Waals surface area contributed by atoms with Crippen molar-refractivity contribution in [3.8, 4) is 11.5 Å². The number of aryl methyl sites for hydroxylation is 1. The molecule has 146 valence electrons. The second-order valence-electron chi connectivity index (χ2n) is 6.30. The normalized spacial score (nSPS) is 10.6. The van der Waals surface area contributed by atoms with Crippen LogP contribution >= 0.6 is 34.8 Å². The zero-order chi connectivity index (χ0) is 20.1. The van der Waals surface area contributed by atoms with Gasteiger partial charge in [-0.15, -0.1) is 0 Å². The van der Waals surface area contributed by atoms with Gasteiger partial charge in [0.1, 0.15) is 6.61 Å². The minimum absolute atomic E-state index is 0.301. The van der Waals surface area contributed by atoms with Crippen molar-refractivity contribution in [2.45, 2.75) is 20.1 Å². The van der Waals surface area contributed by atoms with E-state index in [4.69, 9.17) is 44.3 Å². The van der Waals surface area contributed by atoms with Crippen LogP contribution in [-0.4, -0.2) is 7.11 Å². The lowest BCUT2D eigenvalue weighted by atomic mass is 10.1. The van der Waals surface area contributed by atoms with Crippen LogP contribution in [0.25, 0.3) is 0 Å². The smallest absolute Gasteiger partial charge is 0.180 e. The maximum Gasteiger partial charge on any atom is 0.180 e. The van der Waals surface area contributed by atoms with Gasteiger partial charge in [-0.3, -0.25) is 0 Å². The van der Waals surface area contributed by atoms with E-state index in [9.17, 15) is 0 Å². The van der Waals surface area contributed by atoms with Gasteiger partial charge in [-0.2, -0.15) is 0 Å². The SMILES string of the molecule is COc1cc(CNc2cc(Cl)ccc2C)cc(Cl)c1OCc1ccccc1Cl. The second kappa shape index (κ2) is 9.42. The lowest BCUT2D eigenvalue weighted by Gasteiger charge is -2.16. The van der Waals surface area contributed by atoms with Crippen LogP contribution in [0.2, 0.25) is 15.1 Å². The van der Waals surface area contributed by atoms with Crippen LogP contribution in [0, 0.1) is 6.92 Å². The summed E-state index contributed by atoms with van der Waals surface area (Å²) in [6, 6.07) is 17.0. The number of benzene rings is 3. The molecule has 0 aliphatic carbocycles. The molecule has 0 aromatic heterocycles. The molecule has 0 heterocycles. The van der Waals surface area contributed by atoms with Crippen LogP contribution in [0.3, 0.4) is 0 Å². The molecular formula is C22H20Cl3NO2. The predicted molar refractivity (Wildman–Crippen MR) is 117 cm³/mol. The second-order valence-corrected chi connectivity index (χ2v) is 7.55. The molecule has 3 aromatic rings. The maximum atomic E-state index is 6.47. The van der Waals surface area contributed by atoms with Crippen LogP contribution in [0.1, 0.15) is 16.7 Å². The standard InChI is InChI=1S/C22H20Cl3NO2/c1-14-7-8-17(23)11-20(14)26-12-15-9-19(25)22(21(10-15)27-2)28-13-16-5-3-4-6-18(16)24/h3-11,26H,12-13H2,1-2H3. The Bertz CT molecular complexity index is 976. The summed E-state index contributed by atoms with van der Waals surface area (Å²) in [6.45, 7) is 2.90. The highest BCUT2D eigenvalue weighted by atomic mass is 35.5. The molecule has 3 aromatic carbocycles. The van der Waals surface area contributed by atoms with E-state index >= 15 is 0 Å². The van der Waals surface area contributed by atoms with E-state index in [0.29, 0.717) is 39.7 Å². The number of methoxy groups -OCH3 is 1. The first kappa shape index (κ1) is 20.7. The van der Waals surface area contributed by atoms with Gasteiger partial charge in [-0.05, 0) is 48.4 Å². The van der Waals surface area contributed by atoms with Gasteiger partial charge in [0.2, 0.25) is 0 Å². The van der Waals surface area contributed by atoms with E-state index in [2.05, 4.69) is 5.32 Å². The Morgan fingerprint density at radius 3 is 2.46 bits per heavy atom. The fourth-order valence-electron chi connectivity index (χ4n) is 2.76. The topological polar surface area (TPSA) is 30.5 Å². The third-order valence-electron chi connectivity index (χ3n) is 4.30. The molecule has 0 amide bonds. The van der Waals surface area contributed by atoms with Gasteiger partial charge in [0, 0.05) is 27.8 Å². The Kier molecular flexibility index (Phi) is 6.95. The Morgan fingerprint density at radius 2 is 1.71 bits per heavy atom. The van der Waals surface area contributed by atoms with Gasteiger partial charge in [0.25, 0.3) is 0 Å². The summed E-state index contributed by atoms with van der Waals surface area (Å²) in [4.78, 5) is 0. The lowest BCUT2D eigenvalue weighted by molar-refractivity contribution is 0.284. The Morgan fingerprint density at radius 1 is 0.929 bits per heavy atom. The minimum Gasteiger partial charge on any atom is -0.493 e. The van der Waals surface area contributed by atoms with Gasteiger partial charge in [0.15, 0.2) is 11.5 Å². The third kappa shape index (κ3) is 5.05. The van der Waals surface area contributed by atoms with Gasteiger partial charge < -0.3 is 14.8 Å². The zero-order valence-electron chi connectivity index (χ0n) is 15.6. The number of nitrogens with one attached hydrogen (secondary N) is 1. The Labute approximate surface area is 180 Å². The first-order chi connectivity index (χ1) is 13.5. The van der Waals surface area contributed by atoms with E-state index in [0.717, 1.165) is 22.4 Å². The molecule has 0 unspecified atom stereocenters. The highest BCUT2D eigenvalue weighted by molar-refractivity contribution is 6.32. The van der Waals surface area contributed by atoms with Crippen molar-refractivity contribution in [3.05, 3.63) is 86.4 Å². The molecule has 0 radical (unpaired) electrons. The number of rotatable bonds is 7. The molecule has 28 heavy (non-hydrogen) atoms. The molecule has 1 N–H and O–H groups in total. The number of hydrogen-bond donors (Lipinski definition) is 1. The van der Waals surface area contributed by atoms with Crippen molar-refractivity contribution < 1.29 is 9.47 Å². The quantitative estimate of drug-likeness (QED) is 0.426. The van der Waals surface area contributed by atoms with Crippen LogP contribution < -0.4 is 14.8 Å². The molecule has 0 bridgehead atoms. The van der Waals surface area contributed by atoms with E-state index in [1.165, 1.54) is 0 Å². The molecule has 0 atom stereocenters. The molecule has 0 aliphatic rings. The fourth-order valence-corrected chi connectivity index (χ4v) is 3.41. The van der Waals surface area contributed by atoms with Crippen LogP contribution in [-0.2, 0) is 13.2 Å². The van der Waals surface area contributed by atoms with E-state index in [1.807, 2.05) is 61.5 Å². The summed E-state index contributed by atoms with van der Waals surface area (Å²) in [6.07, 6.45) is 0. The first-order valence-corrected chi connectivity index (χ1v) is 9.84. The Hall–Kier alpha value is -2.07. The van der Waals surface area contributed by atoms with Gasteiger partial charge in [-0.25, -0.2) is 0 Å². The molecule has 0 aliphatic heterocycles. The number of hydrogen-bond acceptors (Lipinski definition) is 3. The average Bonchev–Trinajstić information content (AvgIpc) is 2.68. The van der Waals surface area contributed by atoms with Gasteiger partial charge in [0.05, 0.1) is 12.1 Å². The third-order valence-corrected chi connectivity index (χ3v) is 5.19. The summed E-state index contributed by atoms with van der Waals surface area (Å²) >= 11 is 18.7. The van der Waals surface area contributed by atoms with Crippen molar-refractivity contribution in [3.63, 3.8) is 0 Å². The summed E-state index contributed by atoms with van der Waals surface area (Å²) in [5.41, 5.74) is 3.93. The van der Waals surface area contributed by atoms with Gasteiger partial charge in [-0.1, -0.05) is 59.1 Å². The molecule has 0 fully saturated rings. The highest BCUT2D eigenvalue weighted by Crippen LogP contribution is 2.37. The van der Waals surface area contributed by atoms with E-state index < -0.39 is 0 Å². The predicted octanol–water partition coefficient (Wildman–Crippen LogP) is 7.15.